The Bertz CT molecular complexity index is 3950. The number of hydrogen-bond acceptors (Lipinski definition) is 5. The second-order valence-electron chi connectivity index (χ2n) is 17.1. The highest BCUT2D eigenvalue weighted by molar-refractivity contribution is 6.27. The van der Waals surface area contributed by atoms with Crippen molar-refractivity contribution in [2.45, 2.75) is 27.7 Å². The van der Waals surface area contributed by atoms with Crippen LogP contribution in [0.4, 0.5) is 0 Å². The van der Waals surface area contributed by atoms with Crippen molar-refractivity contribution < 1.29 is 4.42 Å². The Labute approximate surface area is 366 Å². The third-order valence-corrected chi connectivity index (χ3v) is 13.0. The molecule has 0 aliphatic rings. The van der Waals surface area contributed by atoms with Crippen molar-refractivity contribution >= 4 is 87.4 Å². The van der Waals surface area contributed by atoms with Crippen LogP contribution in [0.1, 0.15) is 27.8 Å². The van der Waals surface area contributed by atoms with Gasteiger partial charge in [0, 0.05) is 48.7 Å². The van der Waals surface area contributed by atoms with Gasteiger partial charge in [0.25, 0.3) is 0 Å². The summed E-state index contributed by atoms with van der Waals surface area (Å²) >= 11 is 0. The minimum atomic E-state index is 0.459. The Morgan fingerprint density at radius 3 is 1.48 bits per heavy atom. The molecule has 0 bridgehead atoms. The van der Waals surface area contributed by atoms with E-state index in [0.29, 0.717) is 28.8 Å². The molecule has 302 valence electrons. The number of nitrogens with zero attached hydrogens (tertiary/aromatic N) is 7. The van der Waals surface area contributed by atoms with E-state index >= 15 is 0 Å². The quantitative estimate of drug-likeness (QED) is 0.176. The van der Waals surface area contributed by atoms with Gasteiger partial charge in [0.15, 0.2) is 5.82 Å². The Balaban J connectivity index is 1.08. The maximum atomic E-state index is 11.0. The summed E-state index contributed by atoms with van der Waals surface area (Å²) in [6.45, 7) is 8.50. The van der Waals surface area contributed by atoms with Crippen molar-refractivity contribution in [2.24, 2.45) is 0 Å². The van der Waals surface area contributed by atoms with Crippen LogP contribution in [0, 0.1) is 39.0 Å². The zero-order chi connectivity index (χ0) is 43.0. The largest absolute Gasteiger partial charge is 0.456 e. The van der Waals surface area contributed by atoms with Gasteiger partial charge in [-0.2, -0.15) is 20.2 Å². The zero-order valence-corrected chi connectivity index (χ0v) is 35.5. The molecule has 8 aromatic carbocycles. The number of fused-ring (bicyclic) bond motifs is 13. The zero-order valence-electron chi connectivity index (χ0n) is 35.5. The Morgan fingerprint density at radius 1 is 0.422 bits per heavy atom. The van der Waals surface area contributed by atoms with Gasteiger partial charge < -0.3 is 8.98 Å². The highest BCUT2D eigenvalue weighted by Gasteiger charge is 2.24. The minimum absolute atomic E-state index is 0.459. The summed E-state index contributed by atoms with van der Waals surface area (Å²) in [5.74, 6) is 1.44. The summed E-state index contributed by atoms with van der Waals surface area (Å²) in [4.78, 5) is 16.0. The van der Waals surface area contributed by atoms with Crippen LogP contribution in [-0.2, 0) is 0 Å². The highest BCUT2D eigenvalue weighted by Crippen LogP contribution is 2.42. The van der Waals surface area contributed by atoms with Crippen molar-refractivity contribution in [1.29, 1.82) is 5.26 Å². The van der Waals surface area contributed by atoms with Crippen LogP contribution in [0.2, 0.25) is 0 Å². The van der Waals surface area contributed by atoms with E-state index in [9.17, 15) is 5.26 Å². The summed E-state index contributed by atoms with van der Waals surface area (Å²) in [6, 6.07) is 55.4. The van der Waals surface area contributed by atoms with Crippen molar-refractivity contribution in [3.8, 4) is 35.0 Å². The van der Waals surface area contributed by atoms with Gasteiger partial charge >= 0.3 is 0 Å². The fourth-order valence-electron chi connectivity index (χ4n) is 10.1. The number of para-hydroxylation sites is 2. The summed E-state index contributed by atoms with van der Waals surface area (Å²) in [5, 5.41) is 19.9. The minimum Gasteiger partial charge on any atom is -0.456 e. The fraction of sp³-hybridized carbons (Fsp3) is 0.0714. The lowest BCUT2D eigenvalue weighted by Gasteiger charge is -2.14. The van der Waals surface area contributed by atoms with E-state index in [2.05, 4.69) is 151 Å². The van der Waals surface area contributed by atoms with Crippen LogP contribution in [0.3, 0.4) is 0 Å². The number of furan rings is 1. The van der Waals surface area contributed by atoms with Crippen LogP contribution in [0.15, 0.2) is 156 Å². The lowest BCUT2D eigenvalue weighted by Crippen LogP contribution is -2.10. The summed E-state index contributed by atoms with van der Waals surface area (Å²) < 4.78 is 12.8. The topological polar surface area (TPSA) is 90.4 Å². The number of aryl methyl sites for hydroxylation is 4. The van der Waals surface area contributed by atoms with E-state index < -0.39 is 0 Å². The van der Waals surface area contributed by atoms with Crippen molar-refractivity contribution in [2.75, 3.05) is 0 Å². The number of benzene rings is 8. The summed E-state index contributed by atoms with van der Waals surface area (Å²) in [5.41, 5.74) is 14.3. The Hall–Kier alpha value is -8.54. The van der Waals surface area contributed by atoms with Crippen LogP contribution < -0.4 is 0 Å². The third-order valence-electron chi connectivity index (χ3n) is 13.0. The molecule has 8 heteroatoms. The molecule has 0 amide bonds. The number of aromatic nitrogens is 6. The molecule has 64 heavy (non-hydrogen) atoms. The fourth-order valence-corrected chi connectivity index (χ4v) is 10.1. The van der Waals surface area contributed by atoms with E-state index in [1.807, 2.05) is 48.5 Å². The molecule has 0 aliphatic heterocycles. The first kappa shape index (κ1) is 36.1. The van der Waals surface area contributed by atoms with E-state index in [0.717, 1.165) is 93.0 Å². The maximum Gasteiger partial charge on any atom is 0.240 e. The van der Waals surface area contributed by atoms with Gasteiger partial charge in [-0.3, -0.25) is 9.13 Å². The monoisotopic (exact) mass is 823 g/mol. The van der Waals surface area contributed by atoms with Gasteiger partial charge in [-0.1, -0.05) is 82.9 Å². The number of rotatable bonds is 4. The molecular weight excluding hydrogens is 787 g/mol. The summed E-state index contributed by atoms with van der Waals surface area (Å²) in [7, 11) is 0. The molecule has 5 heterocycles. The van der Waals surface area contributed by atoms with Crippen LogP contribution in [-0.4, -0.2) is 28.7 Å². The molecule has 0 saturated heterocycles. The van der Waals surface area contributed by atoms with Crippen LogP contribution in [0.5, 0.6) is 0 Å². The molecule has 0 atom stereocenters. The maximum absolute atomic E-state index is 11.0. The van der Waals surface area contributed by atoms with Gasteiger partial charge in [0.05, 0.1) is 44.4 Å². The molecule has 13 aromatic rings. The van der Waals surface area contributed by atoms with E-state index in [-0.39, 0.29) is 0 Å². The molecule has 0 spiro atoms. The Morgan fingerprint density at radius 2 is 0.922 bits per heavy atom. The van der Waals surface area contributed by atoms with Crippen LogP contribution in [0.25, 0.3) is 116 Å². The van der Waals surface area contributed by atoms with Crippen molar-refractivity contribution in [3.05, 3.63) is 179 Å². The van der Waals surface area contributed by atoms with Gasteiger partial charge in [0.1, 0.15) is 17.2 Å². The smallest absolute Gasteiger partial charge is 0.240 e. The highest BCUT2D eigenvalue weighted by atomic mass is 16.3. The molecule has 5 aromatic heterocycles. The SMILES string of the molecule is Cc1ccc2c(c1)c1cc(C)ccc1n2-c1nc(-c2ccc(-n3c4ccccc4c4c5c(ccc43)oc3ccccc35)c(C#N)c2)nc(-n2c3ccc(C)cc3c3cc(C)ccc32)n1. The number of nitriles is 1. The molecule has 0 aliphatic carbocycles. The van der Waals surface area contributed by atoms with E-state index in [1.165, 1.54) is 22.3 Å². The first-order valence-corrected chi connectivity index (χ1v) is 21.5. The predicted octanol–water partition coefficient (Wildman–Crippen LogP) is 13.8. The molecular formula is C56H37N7O. The molecule has 13 rings (SSSR count). The van der Waals surface area contributed by atoms with Gasteiger partial charge in [0.2, 0.25) is 11.9 Å². The van der Waals surface area contributed by atoms with Gasteiger partial charge in [-0.25, -0.2) is 0 Å². The summed E-state index contributed by atoms with van der Waals surface area (Å²) in [6.07, 6.45) is 0. The molecule has 0 saturated carbocycles. The van der Waals surface area contributed by atoms with Crippen molar-refractivity contribution in [1.82, 2.24) is 28.7 Å². The van der Waals surface area contributed by atoms with Gasteiger partial charge in [-0.05, 0) is 119 Å². The Kier molecular flexibility index (Phi) is 7.47. The van der Waals surface area contributed by atoms with Crippen molar-refractivity contribution in [3.63, 3.8) is 0 Å². The molecule has 8 nitrogen and oxygen atoms in total. The molecule has 0 radical (unpaired) electrons. The average Bonchev–Trinajstić information content (AvgIpc) is 4.04. The lowest BCUT2D eigenvalue weighted by atomic mass is 10.1. The standard InChI is InChI=1S/C56H37N7O/c1-31-13-18-45-39(25-31)40-26-32(2)14-19-46(40)62(45)55-58-54(59-56(60-55)63-47-20-15-33(3)27-41(47)42-28-34(4)16-21-48(42)63)35-17-22-43(36(29-35)30-57)61-44-11-7-5-9-37(44)52-49(61)23-24-51-53(52)38-10-6-8-12-50(38)64-51/h5-29H,1-4H3. The molecule has 0 fully saturated rings. The molecule has 0 N–H and O–H groups in total. The first-order valence-electron chi connectivity index (χ1n) is 21.5. The van der Waals surface area contributed by atoms with Gasteiger partial charge in [-0.15, -0.1) is 0 Å². The van der Waals surface area contributed by atoms with Crippen LogP contribution >= 0.6 is 0 Å². The average molecular weight is 824 g/mol. The molecule has 0 unspecified atom stereocenters. The predicted molar refractivity (Wildman–Crippen MR) is 259 cm³/mol. The van der Waals surface area contributed by atoms with E-state index in [1.54, 1.807) is 0 Å². The first-order chi connectivity index (χ1) is 31.3. The lowest BCUT2D eigenvalue weighted by molar-refractivity contribution is 0.669. The third kappa shape index (κ3) is 5.12. The second-order valence-corrected chi connectivity index (χ2v) is 17.1. The number of hydrogen-bond donors (Lipinski definition) is 0. The second kappa shape index (κ2) is 13.2. The normalized spacial score (nSPS) is 12.0. The van der Waals surface area contributed by atoms with E-state index in [4.69, 9.17) is 19.4 Å².